The average molecular weight is 710 g/mol. The lowest BCUT2D eigenvalue weighted by Crippen LogP contribution is -2.63. The summed E-state index contributed by atoms with van der Waals surface area (Å²) in [5.41, 5.74) is -0.193. The quantitative estimate of drug-likeness (QED) is 0.382. The second-order valence-electron chi connectivity index (χ2n) is 11.0. The molecule has 15 heteroatoms. The third-order valence-corrected chi connectivity index (χ3v) is 11.0. The van der Waals surface area contributed by atoms with E-state index in [2.05, 4.69) is 20.9 Å². The van der Waals surface area contributed by atoms with Gasteiger partial charge in [-0.05, 0) is 49.2 Å². The van der Waals surface area contributed by atoms with Gasteiger partial charge in [0.25, 0.3) is 15.9 Å². The van der Waals surface area contributed by atoms with Gasteiger partial charge in [-0.3, -0.25) is 19.1 Å². The van der Waals surface area contributed by atoms with Crippen molar-refractivity contribution in [1.29, 1.82) is 0 Å². The van der Waals surface area contributed by atoms with Gasteiger partial charge in [-0.1, -0.05) is 51.3 Å². The lowest BCUT2D eigenvalue weighted by Gasteiger charge is -2.45. The highest BCUT2D eigenvalue weighted by Crippen LogP contribution is 2.45. The molecule has 3 aliphatic rings. The molecule has 2 fully saturated rings. The van der Waals surface area contributed by atoms with Gasteiger partial charge in [0.2, 0.25) is 11.9 Å². The largest absolute Gasteiger partial charge is 0.327 e. The van der Waals surface area contributed by atoms with Gasteiger partial charge in [0, 0.05) is 60.1 Å². The van der Waals surface area contributed by atoms with Gasteiger partial charge >= 0.3 is 6.03 Å². The molecular weight excluding hydrogens is 683 g/mol. The first-order valence-electron chi connectivity index (χ1n) is 13.5. The number of benzene rings is 2. The third kappa shape index (κ3) is 5.04. The van der Waals surface area contributed by atoms with Crippen molar-refractivity contribution in [3.63, 3.8) is 0 Å². The number of carbonyl (C=O) groups excluding carboxylic acids is 3. The number of sulfonamides is 1. The number of nitrogens with zero attached hydrogens (tertiary/aromatic N) is 6. The van der Waals surface area contributed by atoms with E-state index in [0.717, 1.165) is 10.0 Å². The van der Waals surface area contributed by atoms with Crippen LogP contribution in [0.2, 0.25) is 10.0 Å². The first-order valence-corrected chi connectivity index (χ1v) is 16.5. The van der Waals surface area contributed by atoms with Gasteiger partial charge in [-0.15, -0.1) is 0 Å². The Morgan fingerprint density at radius 1 is 1.07 bits per heavy atom. The van der Waals surface area contributed by atoms with E-state index >= 15 is 0 Å². The number of imidazole rings is 1. The average Bonchev–Trinajstić information content (AvgIpc) is 3.47. The van der Waals surface area contributed by atoms with Gasteiger partial charge in [-0.25, -0.2) is 23.1 Å². The zero-order valence-electron chi connectivity index (χ0n) is 23.2. The Bertz CT molecular complexity index is 1750. The van der Waals surface area contributed by atoms with Crippen LogP contribution >= 0.6 is 39.1 Å². The summed E-state index contributed by atoms with van der Waals surface area (Å²) in [6, 6.07) is 11.4. The number of hydrogen-bond acceptors (Lipinski definition) is 6. The minimum absolute atomic E-state index is 0.0296. The maximum Gasteiger partial charge on any atom is 0.327 e. The van der Waals surface area contributed by atoms with E-state index in [4.69, 9.17) is 23.2 Å². The van der Waals surface area contributed by atoms with E-state index in [0.29, 0.717) is 22.2 Å². The number of halogens is 3. The molecule has 43 heavy (non-hydrogen) atoms. The van der Waals surface area contributed by atoms with Crippen molar-refractivity contribution in [2.24, 2.45) is 0 Å². The minimum Gasteiger partial charge on any atom is -0.319 e. The molecule has 3 aliphatic heterocycles. The zero-order chi connectivity index (χ0) is 30.8. The van der Waals surface area contributed by atoms with Crippen molar-refractivity contribution in [3.8, 4) is 0 Å². The van der Waals surface area contributed by atoms with Crippen molar-refractivity contribution in [1.82, 2.24) is 23.7 Å². The molecule has 6 rings (SSSR count). The molecule has 2 saturated heterocycles. The van der Waals surface area contributed by atoms with E-state index in [1.807, 2.05) is 24.3 Å². The molecular formula is C28H27BrCl2N6O5S. The Kier molecular flexibility index (Phi) is 7.61. The number of fused-ring (bicyclic) bond motifs is 2. The number of amides is 4. The van der Waals surface area contributed by atoms with Gasteiger partial charge < -0.3 is 4.90 Å². The lowest BCUT2D eigenvalue weighted by atomic mass is 9.92. The van der Waals surface area contributed by atoms with E-state index < -0.39 is 21.6 Å². The standard InChI is InChI=1S/C28H27BrCl2N6O5S/c1-17(38)34-8-7-22-16-33(9-10-35(22)27(34)40)43(41,42)24-15-32-26-36(23-12-20(30)11-21(31)13-23)25(39)28(2,37(24)26)14-18-3-5-19(29)6-4-18/h3-6,11-13,15,22H,7-10,14,16H2,1-2H3/t22?,28-/m1/s1. The summed E-state index contributed by atoms with van der Waals surface area (Å²) in [5, 5.41) is 0.490. The maximum absolute atomic E-state index is 14.3. The highest BCUT2D eigenvalue weighted by atomic mass is 79.9. The molecule has 1 aromatic heterocycles. The number of aromatic nitrogens is 2. The predicted molar refractivity (Wildman–Crippen MR) is 164 cm³/mol. The van der Waals surface area contributed by atoms with Crippen LogP contribution in [0.5, 0.6) is 0 Å². The predicted octanol–water partition coefficient (Wildman–Crippen LogP) is 4.64. The molecule has 4 heterocycles. The Morgan fingerprint density at radius 3 is 2.40 bits per heavy atom. The summed E-state index contributed by atoms with van der Waals surface area (Å²) in [6.45, 7) is 3.49. The molecule has 0 bridgehead atoms. The summed E-state index contributed by atoms with van der Waals surface area (Å²) >= 11 is 16.0. The van der Waals surface area contributed by atoms with E-state index in [9.17, 15) is 22.8 Å². The normalized spacial score (nSPS) is 22.6. The van der Waals surface area contributed by atoms with Gasteiger partial charge in [0.15, 0.2) is 5.03 Å². The van der Waals surface area contributed by atoms with Crippen LogP contribution in [0.4, 0.5) is 16.4 Å². The Hall–Kier alpha value is -2.97. The van der Waals surface area contributed by atoms with Crippen molar-refractivity contribution in [3.05, 3.63) is 68.7 Å². The summed E-state index contributed by atoms with van der Waals surface area (Å²) in [7, 11) is -4.18. The van der Waals surface area contributed by atoms with Crippen LogP contribution in [0, 0.1) is 0 Å². The first kappa shape index (κ1) is 30.1. The minimum atomic E-state index is -4.18. The number of piperazine rings is 1. The van der Waals surface area contributed by atoms with Crippen LogP contribution in [-0.4, -0.2) is 82.1 Å². The number of urea groups is 1. The summed E-state index contributed by atoms with van der Waals surface area (Å²) in [6.07, 6.45) is 1.90. The van der Waals surface area contributed by atoms with Crippen LogP contribution < -0.4 is 4.90 Å². The zero-order valence-corrected chi connectivity index (χ0v) is 27.1. The molecule has 1 unspecified atom stereocenters. The Morgan fingerprint density at radius 2 is 1.74 bits per heavy atom. The number of carbonyl (C=O) groups is 3. The van der Waals surface area contributed by atoms with Gasteiger partial charge in [-0.2, -0.15) is 4.31 Å². The Balaban J connectivity index is 1.41. The number of imide groups is 1. The monoisotopic (exact) mass is 708 g/mol. The van der Waals surface area contributed by atoms with Gasteiger partial charge in [0.1, 0.15) is 5.54 Å². The molecule has 0 spiro atoms. The van der Waals surface area contributed by atoms with Gasteiger partial charge in [0.05, 0.1) is 11.9 Å². The van der Waals surface area contributed by atoms with Crippen molar-refractivity contribution < 1.29 is 22.8 Å². The topological polar surface area (TPSA) is 116 Å². The highest BCUT2D eigenvalue weighted by molar-refractivity contribution is 9.10. The summed E-state index contributed by atoms with van der Waals surface area (Å²) < 4.78 is 32.3. The van der Waals surface area contributed by atoms with Crippen LogP contribution in [0.1, 0.15) is 25.8 Å². The molecule has 0 radical (unpaired) electrons. The van der Waals surface area contributed by atoms with Crippen LogP contribution in [-0.2, 0) is 31.6 Å². The van der Waals surface area contributed by atoms with Crippen LogP contribution in [0.3, 0.4) is 0 Å². The first-order chi connectivity index (χ1) is 20.3. The smallest absolute Gasteiger partial charge is 0.319 e. The fourth-order valence-electron chi connectivity index (χ4n) is 6.11. The molecule has 11 nitrogen and oxygen atoms in total. The fraction of sp³-hybridized carbons (Fsp3) is 0.357. The molecule has 0 saturated carbocycles. The van der Waals surface area contributed by atoms with Crippen molar-refractivity contribution in [2.45, 2.75) is 43.3 Å². The number of rotatable bonds is 5. The Labute approximate surface area is 267 Å². The molecule has 0 N–H and O–H groups in total. The molecule has 3 aromatic rings. The van der Waals surface area contributed by atoms with E-state index in [-0.39, 0.29) is 61.4 Å². The van der Waals surface area contributed by atoms with Crippen molar-refractivity contribution >= 4 is 78.6 Å². The summed E-state index contributed by atoms with van der Waals surface area (Å²) in [5.74, 6) is -0.598. The SMILES string of the molecule is CC(=O)N1CCC2CN(S(=O)(=O)c3cnc4n3[C@](C)(Cc3ccc(Br)cc3)C(=O)N4c3cc(Cl)cc(Cl)c3)CCN2C1=O. The van der Waals surface area contributed by atoms with Crippen LogP contribution in [0.25, 0.3) is 0 Å². The third-order valence-electron chi connectivity index (χ3n) is 8.23. The second kappa shape index (κ2) is 10.9. The molecule has 4 amide bonds. The van der Waals surface area contributed by atoms with E-state index in [1.54, 1.807) is 30.0 Å². The summed E-state index contributed by atoms with van der Waals surface area (Å²) in [4.78, 5) is 47.6. The fourth-order valence-corrected chi connectivity index (χ4v) is 8.54. The maximum atomic E-state index is 14.3. The highest BCUT2D eigenvalue weighted by Gasteiger charge is 2.53. The number of anilines is 2. The van der Waals surface area contributed by atoms with E-state index in [1.165, 1.54) is 31.8 Å². The number of hydrogen-bond donors (Lipinski definition) is 0. The molecule has 226 valence electrons. The van der Waals surface area contributed by atoms with Crippen LogP contribution in [0.15, 0.2) is 58.2 Å². The molecule has 2 atom stereocenters. The van der Waals surface area contributed by atoms with Crippen molar-refractivity contribution in [2.75, 3.05) is 31.1 Å². The molecule has 2 aromatic carbocycles. The molecule has 0 aliphatic carbocycles. The second-order valence-corrected chi connectivity index (χ2v) is 14.7. The lowest BCUT2D eigenvalue weighted by molar-refractivity contribution is -0.128.